The van der Waals surface area contributed by atoms with E-state index in [9.17, 15) is 8.76 Å². The van der Waals surface area contributed by atoms with Crippen molar-refractivity contribution in [3.8, 4) is 0 Å². The average Bonchev–Trinajstić information content (AvgIpc) is 2.09. The van der Waals surface area contributed by atoms with Crippen LogP contribution in [0.1, 0.15) is 58.3 Å². The lowest BCUT2D eigenvalue weighted by Crippen LogP contribution is -1.94. The Labute approximate surface area is 84.4 Å². The lowest BCUT2D eigenvalue weighted by molar-refractivity contribution is 0.530. The van der Waals surface area contributed by atoms with Gasteiger partial charge in [0.2, 0.25) is 0 Å². The van der Waals surface area contributed by atoms with Crippen LogP contribution in [0, 0.1) is 0 Å². The average molecular weight is 205 g/mol. The summed E-state index contributed by atoms with van der Waals surface area (Å²) in [5, 5.41) is 0. The zero-order valence-corrected chi connectivity index (χ0v) is 9.41. The van der Waals surface area contributed by atoms with E-state index in [2.05, 4.69) is 6.92 Å². The van der Waals surface area contributed by atoms with E-state index in [1.54, 1.807) is 0 Å². The predicted octanol–water partition coefficient (Wildman–Crippen LogP) is 3.01. The van der Waals surface area contributed by atoms with E-state index in [-0.39, 0.29) is 0 Å². The maximum absolute atomic E-state index is 10.2. The predicted molar refractivity (Wildman–Crippen MR) is 56.4 cm³/mol. The van der Waals surface area contributed by atoms with Crippen molar-refractivity contribution in [3.63, 3.8) is 0 Å². The smallest absolute Gasteiger partial charge is 0.0102 e. The van der Waals surface area contributed by atoms with Crippen molar-refractivity contribution in [2.75, 3.05) is 5.75 Å². The Morgan fingerprint density at radius 1 is 0.923 bits per heavy atom. The van der Waals surface area contributed by atoms with Crippen molar-refractivity contribution in [2.24, 2.45) is 0 Å². The summed E-state index contributed by atoms with van der Waals surface area (Å²) in [6, 6.07) is 0. The summed E-state index contributed by atoms with van der Waals surface area (Å²) < 4.78 is 20.3. The van der Waals surface area contributed by atoms with Crippen molar-refractivity contribution < 1.29 is 8.76 Å². The minimum Gasteiger partial charge on any atom is -0.772 e. The molecule has 3 heteroatoms. The lowest BCUT2D eigenvalue weighted by atomic mass is 10.1. The molecule has 0 spiro atoms. The molecule has 0 rings (SSSR count). The van der Waals surface area contributed by atoms with E-state index in [0.717, 1.165) is 12.8 Å². The van der Waals surface area contributed by atoms with Crippen molar-refractivity contribution >= 4 is 11.1 Å². The molecule has 0 saturated heterocycles. The van der Waals surface area contributed by atoms with Gasteiger partial charge in [-0.05, 0) is 6.42 Å². The SMILES string of the molecule is CCCCCCCCCCS(=O)[O-]. The summed E-state index contributed by atoms with van der Waals surface area (Å²) in [6.07, 6.45) is 9.65. The van der Waals surface area contributed by atoms with Gasteiger partial charge >= 0.3 is 0 Å². The molecule has 0 amide bonds. The van der Waals surface area contributed by atoms with Gasteiger partial charge in [-0.2, -0.15) is 0 Å². The van der Waals surface area contributed by atoms with E-state index in [0.29, 0.717) is 5.75 Å². The quantitative estimate of drug-likeness (QED) is 0.429. The highest BCUT2D eigenvalue weighted by atomic mass is 32.2. The third-order valence-corrected chi connectivity index (χ3v) is 2.79. The van der Waals surface area contributed by atoms with Crippen LogP contribution in [0.5, 0.6) is 0 Å². The Hall–Kier alpha value is 0.110. The van der Waals surface area contributed by atoms with E-state index >= 15 is 0 Å². The first kappa shape index (κ1) is 13.1. The Morgan fingerprint density at radius 3 is 1.85 bits per heavy atom. The second kappa shape index (κ2) is 10.2. The van der Waals surface area contributed by atoms with Crippen LogP contribution in [0.25, 0.3) is 0 Å². The summed E-state index contributed by atoms with van der Waals surface area (Å²) in [7, 11) is 0. The van der Waals surface area contributed by atoms with Gasteiger partial charge in [-0.1, -0.05) is 62.9 Å². The van der Waals surface area contributed by atoms with Crippen LogP contribution in [-0.2, 0) is 11.1 Å². The van der Waals surface area contributed by atoms with Gasteiger partial charge in [0.05, 0.1) is 0 Å². The number of unbranched alkanes of at least 4 members (excludes halogenated alkanes) is 7. The molecule has 0 aromatic carbocycles. The lowest BCUT2D eigenvalue weighted by Gasteiger charge is -2.04. The molecule has 80 valence electrons. The fourth-order valence-electron chi connectivity index (χ4n) is 1.35. The number of hydrogen-bond acceptors (Lipinski definition) is 2. The fourth-order valence-corrected chi connectivity index (χ4v) is 1.79. The summed E-state index contributed by atoms with van der Waals surface area (Å²) in [5.74, 6) is 0.342. The summed E-state index contributed by atoms with van der Waals surface area (Å²) in [6.45, 7) is 2.21. The van der Waals surface area contributed by atoms with Gasteiger partial charge < -0.3 is 4.55 Å². The zero-order chi connectivity index (χ0) is 9.94. The maximum atomic E-state index is 10.2. The highest BCUT2D eigenvalue weighted by molar-refractivity contribution is 7.79. The van der Waals surface area contributed by atoms with Crippen molar-refractivity contribution in [1.29, 1.82) is 0 Å². The monoisotopic (exact) mass is 205 g/mol. The van der Waals surface area contributed by atoms with Crippen LogP contribution < -0.4 is 0 Å². The first-order valence-electron chi connectivity index (χ1n) is 5.33. The third-order valence-electron chi connectivity index (χ3n) is 2.16. The van der Waals surface area contributed by atoms with Gasteiger partial charge in [0.15, 0.2) is 0 Å². The molecule has 0 radical (unpaired) electrons. The second-order valence-electron chi connectivity index (χ2n) is 3.48. The van der Waals surface area contributed by atoms with E-state index in [1.165, 1.54) is 38.5 Å². The van der Waals surface area contributed by atoms with Crippen molar-refractivity contribution in [2.45, 2.75) is 58.3 Å². The van der Waals surface area contributed by atoms with Crippen LogP contribution in [0.4, 0.5) is 0 Å². The molecule has 0 bridgehead atoms. The van der Waals surface area contributed by atoms with Gasteiger partial charge in [-0.15, -0.1) is 0 Å². The minimum atomic E-state index is -1.83. The molecule has 2 nitrogen and oxygen atoms in total. The third kappa shape index (κ3) is 12.1. The Kier molecular flexibility index (Phi) is 10.3. The number of rotatable bonds is 9. The van der Waals surface area contributed by atoms with Crippen molar-refractivity contribution in [3.05, 3.63) is 0 Å². The Morgan fingerprint density at radius 2 is 1.38 bits per heavy atom. The van der Waals surface area contributed by atoms with Gasteiger partial charge in [0.25, 0.3) is 0 Å². The van der Waals surface area contributed by atoms with Crippen LogP contribution in [-0.4, -0.2) is 14.5 Å². The van der Waals surface area contributed by atoms with Crippen LogP contribution in [0.3, 0.4) is 0 Å². The first-order chi connectivity index (χ1) is 6.27. The molecule has 1 atom stereocenters. The molecular weight excluding hydrogens is 184 g/mol. The molecule has 0 saturated carbocycles. The fraction of sp³-hybridized carbons (Fsp3) is 1.00. The van der Waals surface area contributed by atoms with E-state index in [1.807, 2.05) is 0 Å². The Balaban J connectivity index is 2.87. The normalized spacial score (nSPS) is 13.1. The van der Waals surface area contributed by atoms with Crippen molar-refractivity contribution in [1.82, 2.24) is 0 Å². The summed E-state index contributed by atoms with van der Waals surface area (Å²) >= 11 is -1.83. The molecular formula is C10H21O2S-. The minimum absolute atomic E-state index is 0.342. The molecule has 1 unspecified atom stereocenters. The highest BCUT2D eigenvalue weighted by Gasteiger charge is 1.91. The van der Waals surface area contributed by atoms with Crippen LogP contribution in [0.15, 0.2) is 0 Å². The molecule has 0 N–H and O–H groups in total. The molecule has 0 aliphatic carbocycles. The van der Waals surface area contributed by atoms with Crippen LogP contribution in [0.2, 0.25) is 0 Å². The topological polar surface area (TPSA) is 40.1 Å². The molecule has 0 aliphatic heterocycles. The second-order valence-corrected chi connectivity index (χ2v) is 4.50. The molecule has 0 aromatic rings. The van der Waals surface area contributed by atoms with Gasteiger partial charge in [0, 0.05) is 5.75 Å². The van der Waals surface area contributed by atoms with Gasteiger partial charge in [-0.3, -0.25) is 4.21 Å². The molecule has 13 heavy (non-hydrogen) atoms. The summed E-state index contributed by atoms with van der Waals surface area (Å²) in [4.78, 5) is 0. The van der Waals surface area contributed by atoms with Gasteiger partial charge in [-0.25, -0.2) is 0 Å². The van der Waals surface area contributed by atoms with E-state index < -0.39 is 11.1 Å². The largest absolute Gasteiger partial charge is 0.772 e. The van der Waals surface area contributed by atoms with Crippen LogP contribution >= 0.6 is 0 Å². The molecule has 0 aliphatic rings. The standard InChI is InChI=1S/C10H22O2S/c1-2-3-4-5-6-7-8-9-10-13(11)12/h2-10H2,1H3,(H,11,12)/p-1. The van der Waals surface area contributed by atoms with Gasteiger partial charge in [0.1, 0.15) is 0 Å². The highest BCUT2D eigenvalue weighted by Crippen LogP contribution is 2.08. The zero-order valence-electron chi connectivity index (χ0n) is 8.59. The van der Waals surface area contributed by atoms with E-state index in [4.69, 9.17) is 0 Å². The number of hydrogen-bond donors (Lipinski definition) is 0. The summed E-state index contributed by atoms with van der Waals surface area (Å²) in [5.41, 5.74) is 0. The molecule has 0 heterocycles. The molecule has 0 fully saturated rings. The maximum Gasteiger partial charge on any atom is 0.0102 e. The molecule has 0 aromatic heterocycles. The Bertz CT molecular complexity index is 126. The first-order valence-corrected chi connectivity index (χ1v) is 6.57.